The molecule has 20 heavy (non-hydrogen) atoms. The Balaban J connectivity index is 2.54. The van der Waals surface area contributed by atoms with Crippen LogP contribution >= 0.6 is 22.6 Å². The molecular formula is C14H27IO4Si. The smallest absolute Gasteiger partial charge is 0.431 e. The number of hydrogen-bond donors (Lipinski definition) is 0. The Hall–Kier alpha value is 0.177. The molecule has 1 saturated heterocycles. The lowest BCUT2D eigenvalue weighted by Crippen LogP contribution is -2.45. The maximum atomic E-state index is 11.4. The van der Waals surface area contributed by atoms with Crippen LogP contribution < -0.4 is 0 Å². The van der Waals surface area contributed by atoms with Crippen LogP contribution in [0, 0.1) is 0 Å². The normalized spacial score (nSPS) is 25.9. The van der Waals surface area contributed by atoms with Gasteiger partial charge in [0.05, 0.1) is 0 Å². The van der Waals surface area contributed by atoms with Gasteiger partial charge in [-0.05, 0) is 25.1 Å². The first kappa shape index (κ1) is 18.2. The minimum atomic E-state index is -1.77. The van der Waals surface area contributed by atoms with E-state index in [9.17, 15) is 4.79 Å². The van der Waals surface area contributed by atoms with Crippen molar-refractivity contribution in [3.8, 4) is 0 Å². The lowest BCUT2D eigenvalue weighted by molar-refractivity contribution is -0.0619. The summed E-state index contributed by atoms with van der Waals surface area (Å²) in [5, 5.41) is 0.193. The second kappa shape index (κ2) is 6.96. The molecule has 0 saturated carbocycles. The number of rotatable bonds is 5. The summed E-state index contributed by atoms with van der Waals surface area (Å²) in [6.45, 7) is 13.2. The molecule has 4 nitrogen and oxygen atoms in total. The molecule has 0 spiro atoms. The number of halogens is 1. The van der Waals surface area contributed by atoms with Crippen LogP contribution in [0.25, 0.3) is 0 Å². The van der Waals surface area contributed by atoms with E-state index in [1.54, 1.807) is 0 Å². The monoisotopic (exact) mass is 414 g/mol. The molecule has 1 fully saturated rings. The summed E-state index contributed by atoms with van der Waals surface area (Å²) in [7, 11) is -1.77. The first-order valence-electron chi connectivity index (χ1n) is 7.16. The van der Waals surface area contributed by atoms with E-state index in [0.717, 1.165) is 17.3 Å². The molecule has 0 N–H and O–H groups in total. The molecule has 1 heterocycles. The van der Waals surface area contributed by atoms with Gasteiger partial charge in [-0.25, -0.2) is 4.79 Å². The Labute approximate surface area is 137 Å². The van der Waals surface area contributed by atoms with Gasteiger partial charge in [-0.2, -0.15) is 0 Å². The maximum absolute atomic E-state index is 11.4. The molecular weight excluding hydrogens is 387 g/mol. The highest BCUT2D eigenvalue weighted by Gasteiger charge is 2.39. The zero-order valence-corrected chi connectivity index (χ0v) is 16.5. The Morgan fingerprint density at radius 3 is 2.40 bits per heavy atom. The third-order valence-electron chi connectivity index (χ3n) is 4.12. The van der Waals surface area contributed by atoms with Crippen LogP contribution in [0.15, 0.2) is 0 Å². The Morgan fingerprint density at radius 1 is 1.35 bits per heavy atom. The van der Waals surface area contributed by atoms with Crippen molar-refractivity contribution in [1.29, 1.82) is 0 Å². The summed E-state index contributed by atoms with van der Waals surface area (Å²) >= 11 is 2.24. The van der Waals surface area contributed by atoms with Gasteiger partial charge >= 0.3 is 6.16 Å². The molecule has 1 aliphatic rings. The second-order valence-corrected chi connectivity index (χ2v) is 12.7. The van der Waals surface area contributed by atoms with Gasteiger partial charge in [-0.1, -0.05) is 43.4 Å². The van der Waals surface area contributed by atoms with Crippen LogP contribution in [0.1, 0.15) is 40.5 Å². The average Bonchev–Trinajstić information content (AvgIpc) is 2.25. The van der Waals surface area contributed by atoms with Crippen molar-refractivity contribution >= 4 is 37.1 Å². The van der Waals surface area contributed by atoms with E-state index >= 15 is 0 Å². The van der Waals surface area contributed by atoms with Crippen LogP contribution in [-0.2, 0) is 13.9 Å². The molecule has 1 rings (SSSR count). The van der Waals surface area contributed by atoms with Crippen molar-refractivity contribution in [2.24, 2.45) is 0 Å². The first-order valence-corrected chi connectivity index (χ1v) is 11.6. The molecule has 118 valence electrons. The molecule has 0 radical (unpaired) electrons. The predicted molar refractivity (Wildman–Crippen MR) is 91.0 cm³/mol. The SMILES string of the molecule is C[C@@H](C[C@H]1C[C@@H](CI)OC(=O)O1)O[Si](C)(C)C(C)(C)C. The lowest BCUT2D eigenvalue weighted by atomic mass is 10.1. The third-order valence-corrected chi connectivity index (χ3v) is 9.71. The van der Waals surface area contributed by atoms with Crippen LogP contribution in [0.2, 0.25) is 18.1 Å². The summed E-state index contributed by atoms with van der Waals surface area (Å²) in [6.07, 6.45) is 0.955. The van der Waals surface area contributed by atoms with Gasteiger partial charge in [-0.3, -0.25) is 0 Å². The summed E-state index contributed by atoms with van der Waals surface area (Å²) in [6, 6.07) is 0. The van der Waals surface area contributed by atoms with E-state index in [-0.39, 0.29) is 23.4 Å². The zero-order chi connectivity index (χ0) is 15.6. The topological polar surface area (TPSA) is 44.8 Å². The van der Waals surface area contributed by atoms with E-state index in [1.807, 2.05) is 0 Å². The van der Waals surface area contributed by atoms with Gasteiger partial charge in [0.2, 0.25) is 0 Å². The summed E-state index contributed by atoms with van der Waals surface area (Å²) in [5.74, 6) is 0. The van der Waals surface area contributed by atoms with Crippen LogP contribution in [-0.4, -0.2) is 37.2 Å². The molecule has 3 atom stereocenters. The Morgan fingerprint density at radius 2 is 1.90 bits per heavy atom. The van der Waals surface area contributed by atoms with Crippen molar-refractivity contribution in [2.45, 2.75) is 77.0 Å². The Bertz CT molecular complexity index is 341. The highest BCUT2D eigenvalue weighted by atomic mass is 127. The molecule has 0 aromatic heterocycles. The van der Waals surface area contributed by atoms with Gasteiger partial charge in [0.15, 0.2) is 8.32 Å². The fourth-order valence-electron chi connectivity index (χ4n) is 2.03. The predicted octanol–water partition coefficient (Wildman–Crippen LogP) is 4.52. The molecule has 0 bridgehead atoms. The molecule has 0 aromatic rings. The standard InChI is InChI=1S/C14H27IO4Si/c1-10(19-20(5,6)14(2,3)4)7-11-8-12(9-15)18-13(16)17-11/h10-12H,7-9H2,1-6H3/t10-,11-,12-/m0/s1. The van der Waals surface area contributed by atoms with E-state index in [4.69, 9.17) is 13.9 Å². The van der Waals surface area contributed by atoms with Crippen LogP contribution in [0.3, 0.4) is 0 Å². The molecule has 0 aromatic carbocycles. The number of hydrogen-bond acceptors (Lipinski definition) is 4. The van der Waals surface area contributed by atoms with E-state index in [1.165, 1.54) is 0 Å². The van der Waals surface area contributed by atoms with Crippen molar-refractivity contribution in [3.63, 3.8) is 0 Å². The lowest BCUT2D eigenvalue weighted by Gasteiger charge is -2.39. The minimum absolute atomic E-state index is 0.0260. The average molecular weight is 414 g/mol. The van der Waals surface area contributed by atoms with Gasteiger partial charge in [0.25, 0.3) is 0 Å². The Kier molecular flexibility index (Phi) is 6.34. The summed E-state index contributed by atoms with van der Waals surface area (Å²) in [5.41, 5.74) is 0. The van der Waals surface area contributed by atoms with Crippen LogP contribution in [0.5, 0.6) is 0 Å². The zero-order valence-electron chi connectivity index (χ0n) is 13.4. The van der Waals surface area contributed by atoms with Crippen molar-refractivity contribution in [3.05, 3.63) is 0 Å². The van der Waals surface area contributed by atoms with E-state index < -0.39 is 14.5 Å². The highest BCUT2D eigenvalue weighted by molar-refractivity contribution is 14.1. The molecule has 0 unspecified atom stereocenters. The highest BCUT2D eigenvalue weighted by Crippen LogP contribution is 2.38. The fraction of sp³-hybridized carbons (Fsp3) is 0.929. The number of alkyl halides is 1. The third kappa shape index (κ3) is 5.18. The van der Waals surface area contributed by atoms with Gasteiger partial charge in [-0.15, -0.1) is 0 Å². The number of cyclic esters (lactones) is 2. The molecule has 1 aliphatic heterocycles. The van der Waals surface area contributed by atoms with Crippen LogP contribution in [0.4, 0.5) is 4.79 Å². The number of carbonyl (C=O) groups is 1. The maximum Gasteiger partial charge on any atom is 0.508 e. The number of ether oxygens (including phenoxy) is 2. The van der Waals surface area contributed by atoms with Gasteiger partial charge in [0, 0.05) is 23.4 Å². The summed E-state index contributed by atoms with van der Waals surface area (Å²) in [4.78, 5) is 11.4. The first-order chi connectivity index (χ1) is 9.05. The van der Waals surface area contributed by atoms with Gasteiger partial charge in [0.1, 0.15) is 12.2 Å². The van der Waals surface area contributed by atoms with Crippen molar-refractivity contribution < 1.29 is 18.7 Å². The van der Waals surface area contributed by atoms with E-state index in [2.05, 4.69) is 63.4 Å². The molecule has 0 amide bonds. The van der Waals surface area contributed by atoms with E-state index in [0.29, 0.717) is 0 Å². The largest absolute Gasteiger partial charge is 0.508 e. The van der Waals surface area contributed by atoms with Crippen molar-refractivity contribution in [2.75, 3.05) is 4.43 Å². The minimum Gasteiger partial charge on any atom is -0.431 e. The molecule has 0 aliphatic carbocycles. The molecule has 6 heteroatoms. The fourth-order valence-corrected chi connectivity index (χ4v) is 4.02. The summed E-state index contributed by atoms with van der Waals surface area (Å²) < 4.78 is 17.5. The van der Waals surface area contributed by atoms with Crippen molar-refractivity contribution in [1.82, 2.24) is 0 Å². The van der Waals surface area contributed by atoms with Gasteiger partial charge < -0.3 is 13.9 Å². The number of carbonyl (C=O) groups excluding carboxylic acids is 1. The second-order valence-electron chi connectivity index (χ2n) is 7.04. The quantitative estimate of drug-likeness (QED) is 0.287.